The number of carboxylic acids is 2. The SMILES string of the molecule is CCOc1cccc2oc3c(N4CCc5cc(-c6c(C)nc(C)c([C@H](OC(C)(C)C)C(=O)O)c6N6CCC(C)(C)CC6)ccc5C4)ncnc3c12.Cc1nc(C)c([C@H](OC(C)(C)C)C(=O)O)c(N2CCC(C)(C)CC2)c1-c1ccc2c(c1)CCN(c1ncnc3c1oc1cccc(F)c13)C2. The van der Waals surface area contributed by atoms with E-state index in [-0.39, 0.29) is 16.6 Å². The number of benzene rings is 4. The number of aryl methyl sites for hydroxylation is 4. The van der Waals surface area contributed by atoms with Crippen LogP contribution in [-0.4, -0.2) is 109 Å². The van der Waals surface area contributed by atoms with Crippen LogP contribution in [0.15, 0.2) is 94.3 Å². The zero-order valence-corrected chi connectivity index (χ0v) is 60.4. The molecule has 6 aromatic heterocycles. The van der Waals surface area contributed by atoms with Crippen LogP contribution in [0.25, 0.3) is 66.4 Å². The van der Waals surface area contributed by atoms with Crippen molar-refractivity contribution in [2.24, 2.45) is 10.8 Å². The number of fused-ring (bicyclic) bond motifs is 8. The van der Waals surface area contributed by atoms with E-state index in [4.69, 9.17) is 38.0 Å². The molecule has 0 unspecified atom stereocenters. The summed E-state index contributed by atoms with van der Waals surface area (Å²) in [5.41, 5.74) is 17.7. The molecule has 2 N–H and O–H groups in total. The largest absolute Gasteiger partial charge is 0.493 e. The average Bonchev–Trinajstić information content (AvgIpc) is 1.06. The number of hydrogen-bond donors (Lipinski definition) is 2. The molecule has 0 saturated carbocycles. The van der Waals surface area contributed by atoms with Crippen molar-refractivity contribution < 1.29 is 47.2 Å². The topological polar surface area (TPSA) is 219 Å². The van der Waals surface area contributed by atoms with Gasteiger partial charge in [-0.15, -0.1) is 0 Å². The highest BCUT2D eigenvalue weighted by atomic mass is 19.1. The van der Waals surface area contributed by atoms with Crippen molar-refractivity contribution >= 4 is 79.1 Å². The van der Waals surface area contributed by atoms with Gasteiger partial charge in [-0.3, -0.25) is 9.97 Å². The van der Waals surface area contributed by atoms with Gasteiger partial charge in [-0.2, -0.15) is 0 Å². The molecule has 0 spiro atoms. The maximum Gasteiger partial charge on any atom is 0.337 e. The van der Waals surface area contributed by atoms with Gasteiger partial charge >= 0.3 is 11.9 Å². The third-order valence-corrected chi connectivity index (χ3v) is 20.3. The van der Waals surface area contributed by atoms with E-state index in [9.17, 15) is 24.2 Å². The summed E-state index contributed by atoms with van der Waals surface area (Å²) in [7, 11) is 0. The third kappa shape index (κ3) is 13.6. The van der Waals surface area contributed by atoms with Gasteiger partial charge in [-0.1, -0.05) is 76.2 Å². The Labute approximate surface area is 584 Å². The van der Waals surface area contributed by atoms with Crippen molar-refractivity contribution in [3.63, 3.8) is 0 Å². The Balaban J connectivity index is 0.000000179. The molecule has 19 nitrogen and oxygen atoms in total. The highest BCUT2D eigenvalue weighted by molar-refractivity contribution is 6.09. The minimum Gasteiger partial charge on any atom is -0.493 e. The summed E-state index contributed by atoms with van der Waals surface area (Å²) >= 11 is 0. The van der Waals surface area contributed by atoms with Crippen LogP contribution in [0.2, 0.25) is 0 Å². The molecular weight excluding hydrogens is 1260 g/mol. The van der Waals surface area contributed by atoms with E-state index in [1.54, 1.807) is 18.5 Å². The molecule has 4 aromatic carbocycles. The van der Waals surface area contributed by atoms with Crippen LogP contribution in [0.5, 0.6) is 5.75 Å². The van der Waals surface area contributed by atoms with Crippen molar-refractivity contribution in [1.29, 1.82) is 0 Å². The summed E-state index contributed by atoms with van der Waals surface area (Å²) in [5.74, 6) is -0.228. The average molecular weight is 1360 g/mol. The third-order valence-electron chi connectivity index (χ3n) is 20.3. The van der Waals surface area contributed by atoms with Crippen LogP contribution in [-0.2, 0) is 45.0 Å². The molecular formula is C80H93FN10O9. The van der Waals surface area contributed by atoms with Crippen molar-refractivity contribution in [1.82, 2.24) is 29.9 Å². The Kier molecular flexibility index (Phi) is 18.5. The summed E-state index contributed by atoms with van der Waals surface area (Å²) < 4.78 is 45.6. The lowest BCUT2D eigenvalue weighted by molar-refractivity contribution is -0.161. The number of hydrogen-bond acceptors (Lipinski definition) is 17. The lowest BCUT2D eigenvalue weighted by atomic mass is 9.81. The summed E-state index contributed by atoms with van der Waals surface area (Å²) in [5, 5.41) is 22.4. The van der Waals surface area contributed by atoms with Gasteiger partial charge < -0.3 is 52.9 Å². The zero-order valence-electron chi connectivity index (χ0n) is 60.4. The minimum atomic E-state index is -1.17. The molecule has 524 valence electrons. The number of nitrogens with zero attached hydrogens (tertiary/aromatic N) is 10. The molecule has 2 fully saturated rings. The molecule has 0 bridgehead atoms. The number of aromatic nitrogens is 6. The monoisotopic (exact) mass is 1360 g/mol. The van der Waals surface area contributed by atoms with Crippen molar-refractivity contribution in [3.05, 3.63) is 147 Å². The number of pyridine rings is 2. The zero-order chi connectivity index (χ0) is 71.1. The Morgan fingerprint density at radius 2 is 0.970 bits per heavy atom. The molecule has 10 aromatic rings. The first-order valence-corrected chi connectivity index (χ1v) is 35.1. The van der Waals surface area contributed by atoms with Gasteiger partial charge in [0.25, 0.3) is 0 Å². The Morgan fingerprint density at radius 1 is 0.550 bits per heavy atom. The van der Waals surface area contributed by atoms with Crippen LogP contribution in [0.3, 0.4) is 0 Å². The normalized spacial score (nSPS) is 16.9. The van der Waals surface area contributed by atoms with Gasteiger partial charge in [0.1, 0.15) is 46.4 Å². The molecule has 4 aliphatic rings. The van der Waals surface area contributed by atoms with Crippen LogP contribution < -0.4 is 24.3 Å². The maximum atomic E-state index is 14.7. The second-order valence-electron chi connectivity index (χ2n) is 31.0. The number of anilines is 4. The van der Waals surface area contributed by atoms with Gasteiger partial charge in [0.05, 0.1) is 40.0 Å². The number of carboxylic acid groups (broad SMARTS) is 2. The van der Waals surface area contributed by atoms with Crippen molar-refractivity contribution in [2.75, 3.05) is 65.5 Å². The number of rotatable bonds is 14. The van der Waals surface area contributed by atoms with Crippen LogP contribution in [0.1, 0.15) is 170 Å². The summed E-state index contributed by atoms with van der Waals surface area (Å²) in [6, 6.07) is 23.8. The number of furan rings is 2. The van der Waals surface area contributed by atoms with E-state index < -0.39 is 35.3 Å². The highest BCUT2D eigenvalue weighted by Crippen LogP contribution is 2.49. The van der Waals surface area contributed by atoms with Crippen LogP contribution >= 0.6 is 0 Å². The first-order valence-electron chi connectivity index (χ1n) is 35.1. The molecule has 100 heavy (non-hydrogen) atoms. The molecule has 14 rings (SSSR count). The predicted octanol–water partition coefficient (Wildman–Crippen LogP) is 16.9. The van der Waals surface area contributed by atoms with E-state index in [0.717, 1.165) is 150 Å². The molecule has 0 aliphatic carbocycles. The van der Waals surface area contributed by atoms with Crippen LogP contribution in [0, 0.1) is 44.3 Å². The first kappa shape index (κ1) is 69.2. The van der Waals surface area contributed by atoms with E-state index >= 15 is 0 Å². The smallest absolute Gasteiger partial charge is 0.337 e. The quantitative estimate of drug-likeness (QED) is 0.103. The molecule has 20 heteroatoms. The predicted molar refractivity (Wildman–Crippen MR) is 390 cm³/mol. The standard InChI is InChI=1S/C41H49N5O5.C39H44FN5O4/c1-9-49-29-11-10-12-30-33(29)34-37(50-30)38(43-23-42-34)46-18-15-26-21-27(13-14-28(26)22-46)31-24(2)44-25(3)32(36(39(47)48)51-40(4,5)6)35(31)45-19-16-41(7,8)17-20-45;1-22-29(33(44-17-14-39(6,7)15-18-44)30(23(2)43-22)34(37(46)47)49-38(3,4)5)25-11-12-26-20-45(16-13-24(26)19-25)36-35-32(41-21-42-36)31-27(40)9-8-10-28(31)48-35/h10-14,21,23,36H,9,15-20,22H2,1-8H3,(H,47,48);8-12,19,21,34H,13-18,20H2,1-7H3,(H,46,47)/t36-;34-/m00/s1. The number of carbonyl (C=O) groups is 2. The minimum absolute atomic E-state index is 0.214. The fraction of sp³-hybridized carbons (Fsp3) is 0.450. The molecule has 0 amide bonds. The summed E-state index contributed by atoms with van der Waals surface area (Å²) in [4.78, 5) is 63.2. The second-order valence-corrected chi connectivity index (χ2v) is 31.0. The maximum absolute atomic E-state index is 14.7. The van der Waals surface area contributed by atoms with Gasteiger partial charge in [0, 0.05) is 97.4 Å². The molecule has 10 heterocycles. The Bertz CT molecular complexity index is 4810. The number of halogens is 1. The number of ether oxygens (including phenoxy) is 3. The van der Waals surface area contributed by atoms with E-state index in [2.05, 4.69) is 98.6 Å². The van der Waals surface area contributed by atoms with Gasteiger partial charge in [-0.05, 0) is 183 Å². The fourth-order valence-electron chi connectivity index (χ4n) is 15.2. The van der Waals surface area contributed by atoms with Gasteiger partial charge in [-0.25, -0.2) is 33.9 Å². The number of aliphatic carboxylic acids is 2. The van der Waals surface area contributed by atoms with Crippen molar-refractivity contribution in [2.45, 2.75) is 179 Å². The highest BCUT2D eigenvalue weighted by Gasteiger charge is 2.40. The molecule has 4 aliphatic heterocycles. The molecule has 0 radical (unpaired) electrons. The molecule has 2 saturated heterocycles. The lowest BCUT2D eigenvalue weighted by Gasteiger charge is -2.41. The second kappa shape index (κ2) is 26.7. The lowest BCUT2D eigenvalue weighted by Crippen LogP contribution is -2.39. The first-order chi connectivity index (χ1) is 47.4. The summed E-state index contributed by atoms with van der Waals surface area (Å²) in [6.45, 7) is 37.0. The number of piperidine rings is 2. The van der Waals surface area contributed by atoms with E-state index in [1.807, 2.05) is 94.4 Å². The Hall–Kier alpha value is -9.27. The Morgan fingerprint density at radius 3 is 1.39 bits per heavy atom. The van der Waals surface area contributed by atoms with Gasteiger partial charge in [0.15, 0.2) is 35.0 Å². The van der Waals surface area contributed by atoms with E-state index in [1.165, 1.54) is 29.1 Å². The summed E-state index contributed by atoms with van der Waals surface area (Å²) in [6.07, 6.45) is 6.35. The van der Waals surface area contributed by atoms with Gasteiger partial charge in [0.2, 0.25) is 0 Å². The molecule has 2 atom stereocenters. The van der Waals surface area contributed by atoms with Crippen LogP contribution in [0.4, 0.5) is 27.4 Å². The fourth-order valence-corrected chi connectivity index (χ4v) is 15.2. The van der Waals surface area contributed by atoms with Crippen molar-refractivity contribution in [3.8, 4) is 28.0 Å². The van der Waals surface area contributed by atoms with E-state index in [0.29, 0.717) is 82.2 Å².